The molecule has 1 aliphatic heterocycles. The third-order valence-corrected chi connectivity index (χ3v) is 12.0. The van der Waals surface area contributed by atoms with E-state index in [-0.39, 0.29) is 12.8 Å². The van der Waals surface area contributed by atoms with Crippen molar-refractivity contribution in [3.8, 4) is 0 Å². The van der Waals surface area contributed by atoms with Crippen molar-refractivity contribution < 1.29 is 81.0 Å². The summed E-state index contributed by atoms with van der Waals surface area (Å²) in [5, 5.41) is 2.83. The van der Waals surface area contributed by atoms with Crippen LogP contribution in [0.4, 0.5) is 0 Å². The second kappa shape index (κ2) is 39.9. The minimum Gasteiger partial charge on any atom is -0.463 e. The zero-order chi connectivity index (χ0) is 53.7. The number of carbonyl (C=O) groups excluding carboxylic acids is 8. The highest BCUT2D eigenvalue weighted by atomic mass is 16.7. The number of hydrogen-bond donors (Lipinski definition) is 1. The summed E-state index contributed by atoms with van der Waals surface area (Å²) in [6, 6.07) is -1.37. The summed E-state index contributed by atoms with van der Waals surface area (Å²) in [7, 11) is 0. The van der Waals surface area contributed by atoms with E-state index in [1.807, 2.05) is 0 Å². The summed E-state index contributed by atoms with van der Waals surface area (Å²) < 4.78 is 51.6. The molecule has 1 amide bonds. The molecule has 18 nitrogen and oxygen atoms in total. The highest BCUT2D eigenvalue weighted by Crippen LogP contribution is 2.31. The average Bonchev–Trinajstić information content (AvgIpc) is 3.29. The van der Waals surface area contributed by atoms with Crippen LogP contribution >= 0.6 is 0 Å². The van der Waals surface area contributed by atoms with E-state index < -0.39 is 116 Å². The third kappa shape index (κ3) is 31.1. The average molecular weight is 1030 g/mol. The van der Waals surface area contributed by atoms with E-state index >= 15 is 0 Å². The van der Waals surface area contributed by atoms with Crippen molar-refractivity contribution in [3.63, 3.8) is 0 Å². The maximum Gasteiger partial charge on any atom is 0.303 e. The summed E-state index contributed by atoms with van der Waals surface area (Å²) in [5.41, 5.74) is 0. The molecular formula is C54H91NO17. The van der Waals surface area contributed by atoms with Gasteiger partial charge in [-0.05, 0) is 44.9 Å². The minimum absolute atomic E-state index is 0.174. The van der Waals surface area contributed by atoms with Gasteiger partial charge in [-0.25, -0.2) is 0 Å². The van der Waals surface area contributed by atoms with Crippen LogP contribution in [0.15, 0.2) is 12.2 Å². The number of amides is 1. The van der Waals surface area contributed by atoms with Crippen LogP contribution in [0, 0.1) is 0 Å². The predicted molar refractivity (Wildman–Crippen MR) is 268 cm³/mol. The van der Waals surface area contributed by atoms with Crippen molar-refractivity contribution in [1.82, 2.24) is 5.32 Å². The smallest absolute Gasteiger partial charge is 0.303 e. The Morgan fingerprint density at radius 1 is 0.486 bits per heavy atom. The molecule has 414 valence electrons. The SMILES string of the molecule is CCCCCCCCC/C=C\CCC[C@@H](OC(C)=O)[C@@H](OC(C)=O)[C@H](CO[C@@H]1O[C@H](COC(C)=O)[C@@H](OC(C)=O)[C@H](OC(C)=O)[C@H]1OC(C)=O)NC(=O)[C@@H](CCCCCCCCCCCCCC)OC(C)=O. The van der Waals surface area contributed by atoms with Gasteiger partial charge in [0.2, 0.25) is 0 Å². The van der Waals surface area contributed by atoms with Gasteiger partial charge in [0.25, 0.3) is 5.91 Å². The highest BCUT2D eigenvalue weighted by Gasteiger charge is 2.53. The molecule has 1 fully saturated rings. The second-order valence-corrected chi connectivity index (χ2v) is 18.8. The summed E-state index contributed by atoms with van der Waals surface area (Å²) in [6.45, 7) is 11.2. The van der Waals surface area contributed by atoms with Crippen molar-refractivity contribution in [3.05, 3.63) is 12.2 Å². The molecular weight excluding hydrogens is 935 g/mol. The van der Waals surface area contributed by atoms with E-state index in [0.29, 0.717) is 19.3 Å². The molecule has 1 saturated heterocycles. The molecule has 1 N–H and O–H groups in total. The van der Waals surface area contributed by atoms with Crippen molar-refractivity contribution in [2.24, 2.45) is 0 Å². The molecule has 72 heavy (non-hydrogen) atoms. The number of ether oxygens (including phenoxy) is 9. The molecule has 0 bridgehead atoms. The summed E-state index contributed by atoms with van der Waals surface area (Å²) in [6.07, 6.45) is 16.4. The van der Waals surface area contributed by atoms with Crippen LogP contribution in [0.25, 0.3) is 0 Å². The molecule has 1 rings (SSSR count). The molecule has 0 spiro atoms. The Kier molecular flexibility index (Phi) is 36.2. The van der Waals surface area contributed by atoms with Crippen molar-refractivity contribution in [2.45, 2.75) is 271 Å². The Bertz CT molecular complexity index is 1620. The largest absolute Gasteiger partial charge is 0.463 e. The molecule has 1 aliphatic rings. The van der Waals surface area contributed by atoms with E-state index in [2.05, 4.69) is 31.3 Å². The van der Waals surface area contributed by atoms with Crippen molar-refractivity contribution >= 4 is 47.7 Å². The molecule has 0 unspecified atom stereocenters. The maximum atomic E-state index is 14.4. The van der Waals surface area contributed by atoms with E-state index in [4.69, 9.17) is 42.6 Å². The van der Waals surface area contributed by atoms with Gasteiger partial charge in [0.05, 0.1) is 12.6 Å². The van der Waals surface area contributed by atoms with Gasteiger partial charge >= 0.3 is 41.8 Å². The van der Waals surface area contributed by atoms with Crippen LogP contribution in [-0.2, 0) is 81.0 Å². The van der Waals surface area contributed by atoms with Gasteiger partial charge in [-0.1, -0.05) is 135 Å². The Hall–Kier alpha value is -4.58. The zero-order valence-corrected chi connectivity index (χ0v) is 45.2. The first-order valence-corrected chi connectivity index (χ1v) is 26.8. The van der Waals surface area contributed by atoms with Gasteiger partial charge in [-0.2, -0.15) is 0 Å². The standard InChI is InChI=1S/C54H91NO17/c1-10-12-14-16-18-20-22-24-26-28-30-32-34-46(66-39(4)57)49(68-41(6)59)45(55-53(63)47(67-40(5)58)35-33-31-29-27-25-23-21-19-17-15-13-11-2)36-65-54-52(71-44(9)62)51(70-43(8)61)50(69-42(7)60)48(72-54)37-64-38(3)56/h26,28,45-52,54H,10-25,27,29-37H2,1-9H3,(H,55,63)/b28-26-/t45-,46+,47+,48+,49-,50+,51-,52+,54+/m0/s1. The Balaban J connectivity index is 3.59. The van der Waals surface area contributed by atoms with Crippen LogP contribution < -0.4 is 5.32 Å². The Morgan fingerprint density at radius 2 is 0.944 bits per heavy atom. The molecule has 18 heteroatoms. The lowest BCUT2D eigenvalue weighted by Crippen LogP contribution is -2.63. The van der Waals surface area contributed by atoms with Gasteiger partial charge in [0.1, 0.15) is 18.8 Å². The van der Waals surface area contributed by atoms with Crippen molar-refractivity contribution in [2.75, 3.05) is 13.2 Å². The number of carbonyl (C=O) groups is 8. The molecule has 9 atom stereocenters. The molecule has 1 heterocycles. The lowest BCUT2D eigenvalue weighted by atomic mass is 9.97. The van der Waals surface area contributed by atoms with E-state index in [1.54, 1.807) is 0 Å². The number of rotatable bonds is 40. The number of allylic oxidation sites excluding steroid dienone is 2. The summed E-state index contributed by atoms with van der Waals surface area (Å²) in [5.74, 6) is -6.21. The quantitative estimate of drug-likeness (QED) is 0.0261. The molecule has 0 radical (unpaired) electrons. The number of unbranched alkanes of at least 4 members (excludes halogenated alkanes) is 19. The molecule has 0 aromatic carbocycles. The van der Waals surface area contributed by atoms with E-state index in [0.717, 1.165) is 79.6 Å². The molecule has 0 aromatic rings. The normalized spacial score (nSPS) is 19.3. The van der Waals surface area contributed by atoms with Crippen LogP contribution in [-0.4, -0.2) is 116 Å². The second-order valence-electron chi connectivity index (χ2n) is 18.8. The Labute approximate surface area is 429 Å². The lowest BCUT2D eigenvalue weighted by Gasteiger charge is -2.44. The van der Waals surface area contributed by atoms with Gasteiger partial charge in [-0.15, -0.1) is 0 Å². The number of esters is 7. The third-order valence-electron chi connectivity index (χ3n) is 12.0. The first kappa shape index (κ1) is 65.4. The van der Waals surface area contributed by atoms with E-state index in [1.165, 1.54) is 90.9 Å². The topological polar surface area (TPSA) is 232 Å². The van der Waals surface area contributed by atoms with E-state index in [9.17, 15) is 38.4 Å². The van der Waals surface area contributed by atoms with Crippen molar-refractivity contribution in [1.29, 1.82) is 0 Å². The first-order chi connectivity index (χ1) is 34.4. The monoisotopic (exact) mass is 1030 g/mol. The molecule has 0 aromatic heterocycles. The Morgan fingerprint density at radius 3 is 1.43 bits per heavy atom. The van der Waals surface area contributed by atoms with Gasteiger partial charge in [0, 0.05) is 48.5 Å². The van der Waals surface area contributed by atoms with Gasteiger partial charge in [-0.3, -0.25) is 38.4 Å². The summed E-state index contributed by atoms with van der Waals surface area (Å²) in [4.78, 5) is 102. The van der Waals surface area contributed by atoms with Gasteiger partial charge in [0.15, 0.2) is 36.8 Å². The number of hydrogen-bond acceptors (Lipinski definition) is 17. The fraction of sp³-hybridized carbons (Fsp3) is 0.815. The van der Waals surface area contributed by atoms with Gasteiger partial charge < -0.3 is 47.9 Å². The molecule has 0 aliphatic carbocycles. The number of nitrogens with one attached hydrogen (secondary N) is 1. The highest BCUT2D eigenvalue weighted by molar-refractivity contribution is 5.83. The van der Waals surface area contributed by atoms with Crippen LogP contribution in [0.3, 0.4) is 0 Å². The minimum atomic E-state index is -1.68. The maximum absolute atomic E-state index is 14.4. The summed E-state index contributed by atoms with van der Waals surface area (Å²) >= 11 is 0. The fourth-order valence-electron chi connectivity index (χ4n) is 8.63. The first-order valence-electron chi connectivity index (χ1n) is 26.8. The predicted octanol–water partition coefficient (Wildman–Crippen LogP) is 9.32. The lowest BCUT2D eigenvalue weighted by molar-refractivity contribution is -0.310. The zero-order valence-electron chi connectivity index (χ0n) is 45.2. The fourth-order valence-corrected chi connectivity index (χ4v) is 8.63. The van der Waals surface area contributed by atoms with Crippen LogP contribution in [0.1, 0.15) is 216 Å². The van der Waals surface area contributed by atoms with Crippen LogP contribution in [0.5, 0.6) is 0 Å². The molecule has 0 saturated carbocycles. The van der Waals surface area contributed by atoms with Crippen LogP contribution in [0.2, 0.25) is 0 Å².